The molecule has 0 unspecified atom stereocenters. The van der Waals surface area contributed by atoms with Crippen LogP contribution in [0.3, 0.4) is 0 Å². The number of hydrogen-bond acceptors (Lipinski definition) is 3. The molecule has 2 rings (SSSR count). The van der Waals surface area contributed by atoms with Gasteiger partial charge in [-0.25, -0.2) is 0 Å². The van der Waals surface area contributed by atoms with Crippen molar-refractivity contribution in [3.8, 4) is 0 Å². The number of anilines is 1. The molecule has 0 aliphatic heterocycles. The fourth-order valence-corrected chi connectivity index (χ4v) is 1.70. The molecule has 2 heterocycles. The zero-order chi connectivity index (χ0) is 13.3. The molecule has 0 aliphatic rings. The molecule has 6 nitrogen and oxygen atoms in total. The van der Waals surface area contributed by atoms with Gasteiger partial charge in [-0.2, -0.15) is 10.2 Å². The molecule has 2 N–H and O–H groups in total. The van der Waals surface area contributed by atoms with Gasteiger partial charge in [-0.1, -0.05) is 13.8 Å². The summed E-state index contributed by atoms with van der Waals surface area (Å²) in [5.74, 6) is 0.671. The molecule has 0 spiro atoms. The highest BCUT2D eigenvalue weighted by Gasteiger charge is 2.13. The summed E-state index contributed by atoms with van der Waals surface area (Å²) in [7, 11) is 1.74. The van der Waals surface area contributed by atoms with E-state index < -0.39 is 0 Å². The molecular formula is C12H17N5O. The molecule has 0 bridgehead atoms. The molecular weight excluding hydrogens is 230 g/mol. The van der Waals surface area contributed by atoms with E-state index in [-0.39, 0.29) is 5.91 Å². The van der Waals surface area contributed by atoms with Crippen LogP contribution in [0.2, 0.25) is 0 Å². The Morgan fingerprint density at radius 2 is 2.17 bits per heavy atom. The van der Waals surface area contributed by atoms with E-state index in [1.807, 2.05) is 13.0 Å². The minimum atomic E-state index is -0.208. The van der Waals surface area contributed by atoms with Crippen LogP contribution in [0.5, 0.6) is 0 Å². The van der Waals surface area contributed by atoms with Gasteiger partial charge in [0.25, 0.3) is 5.91 Å². The van der Waals surface area contributed by atoms with Crippen LogP contribution in [-0.2, 0) is 7.05 Å². The summed E-state index contributed by atoms with van der Waals surface area (Å²) >= 11 is 0. The van der Waals surface area contributed by atoms with E-state index in [2.05, 4.69) is 34.5 Å². The first-order valence-electron chi connectivity index (χ1n) is 5.84. The van der Waals surface area contributed by atoms with Gasteiger partial charge in [-0.3, -0.25) is 14.6 Å². The van der Waals surface area contributed by atoms with E-state index in [0.717, 1.165) is 11.4 Å². The number of aromatic nitrogens is 4. The first-order chi connectivity index (χ1) is 8.47. The third-order valence-electron chi connectivity index (χ3n) is 2.70. The number of nitrogens with zero attached hydrogens (tertiary/aromatic N) is 3. The molecule has 0 fully saturated rings. The van der Waals surface area contributed by atoms with E-state index in [1.165, 1.54) is 0 Å². The molecule has 18 heavy (non-hydrogen) atoms. The number of amides is 1. The van der Waals surface area contributed by atoms with Crippen LogP contribution in [0.4, 0.5) is 5.82 Å². The lowest BCUT2D eigenvalue weighted by atomic mass is 10.1. The van der Waals surface area contributed by atoms with Gasteiger partial charge in [0, 0.05) is 18.8 Å². The van der Waals surface area contributed by atoms with Gasteiger partial charge >= 0.3 is 0 Å². The number of aryl methyl sites for hydroxylation is 2. The molecule has 2 aromatic heterocycles. The summed E-state index contributed by atoms with van der Waals surface area (Å²) < 4.78 is 1.56. The summed E-state index contributed by atoms with van der Waals surface area (Å²) in [6.45, 7) is 5.97. The van der Waals surface area contributed by atoms with Crippen molar-refractivity contribution in [2.75, 3.05) is 5.32 Å². The number of hydrogen-bond donors (Lipinski definition) is 2. The minimum Gasteiger partial charge on any atom is -0.304 e. The van der Waals surface area contributed by atoms with E-state index in [4.69, 9.17) is 0 Å². The average molecular weight is 247 g/mol. The lowest BCUT2D eigenvalue weighted by Gasteiger charge is -2.01. The summed E-state index contributed by atoms with van der Waals surface area (Å²) in [4.78, 5) is 12.0. The van der Waals surface area contributed by atoms with Crippen molar-refractivity contribution in [1.29, 1.82) is 0 Å². The van der Waals surface area contributed by atoms with Crippen LogP contribution in [-0.4, -0.2) is 25.9 Å². The van der Waals surface area contributed by atoms with Crippen LogP contribution in [0.1, 0.15) is 41.6 Å². The molecule has 0 aliphatic carbocycles. The maximum Gasteiger partial charge on any atom is 0.275 e. The van der Waals surface area contributed by atoms with Gasteiger partial charge in [-0.05, 0) is 18.9 Å². The molecule has 6 heteroatoms. The number of nitrogens with one attached hydrogen (secondary N) is 2. The zero-order valence-corrected chi connectivity index (χ0v) is 11.0. The second-order valence-corrected chi connectivity index (χ2v) is 4.61. The second-order valence-electron chi connectivity index (χ2n) is 4.61. The highest BCUT2D eigenvalue weighted by atomic mass is 16.2. The van der Waals surface area contributed by atoms with E-state index >= 15 is 0 Å². The monoisotopic (exact) mass is 247 g/mol. The van der Waals surface area contributed by atoms with Crippen molar-refractivity contribution < 1.29 is 4.79 Å². The summed E-state index contributed by atoms with van der Waals surface area (Å²) in [5, 5.41) is 13.8. The first kappa shape index (κ1) is 12.3. The zero-order valence-electron chi connectivity index (χ0n) is 11.0. The van der Waals surface area contributed by atoms with Crippen molar-refractivity contribution in [3.05, 3.63) is 29.2 Å². The Hall–Kier alpha value is -2.11. The minimum absolute atomic E-state index is 0.208. The van der Waals surface area contributed by atoms with Crippen molar-refractivity contribution in [3.63, 3.8) is 0 Å². The lowest BCUT2D eigenvalue weighted by Crippen LogP contribution is -2.16. The molecule has 0 saturated carbocycles. The molecule has 2 aromatic rings. The van der Waals surface area contributed by atoms with E-state index in [9.17, 15) is 4.79 Å². The maximum atomic E-state index is 12.0. The van der Waals surface area contributed by atoms with Gasteiger partial charge in [-0.15, -0.1) is 0 Å². The Morgan fingerprint density at radius 1 is 1.44 bits per heavy atom. The SMILES string of the molecule is Cc1cc(C(=O)Nc2cc(C(C)C)[nH]n2)n(C)n1. The second kappa shape index (κ2) is 4.64. The highest BCUT2D eigenvalue weighted by molar-refractivity contribution is 6.02. The van der Waals surface area contributed by atoms with Crippen LogP contribution in [0.25, 0.3) is 0 Å². The predicted octanol–water partition coefficient (Wildman–Crippen LogP) is 1.83. The summed E-state index contributed by atoms with van der Waals surface area (Å²) in [5.41, 5.74) is 2.32. The Balaban J connectivity index is 2.13. The number of carbonyl (C=O) groups excluding carboxylic acids is 1. The van der Waals surface area contributed by atoms with Crippen molar-refractivity contribution in [2.45, 2.75) is 26.7 Å². The third-order valence-corrected chi connectivity index (χ3v) is 2.70. The van der Waals surface area contributed by atoms with Gasteiger partial charge in [0.15, 0.2) is 5.82 Å². The molecule has 0 saturated heterocycles. The molecule has 1 amide bonds. The quantitative estimate of drug-likeness (QED) is 0.868. The molecule has 0 radical (unpaired) electrons. The topological polar surface area (TPSA) is 75.6 Å². The third kappa shape index (κ3) is 2.42. The van der Waals surface area contributed by atoms with Crippen molar-refractivity contribution >= 4 is 11.7 Å². The van der Waals surface area contributed by atoms with Gasteiger partial charge < -0.3 is 5.32 Å². The summed E-state index contributed by atoms with van der Waals surface area (Å²) in [6, 6.07) is 3.58. The van der Waals surface area contributed by atoms with Crippen molar-refractivity contribution in [2.24, 2.45) is 7.05 Å². The molecule has 0 aromatic carbocycles. The van der Waals surface area contributed by atoms with Gasteiger partial charge in [0.2, 0.25) is 0 Å². The Kier molecular flexibility index (Phi) is 3.18. The Morgan fingerprint density at radius 3 is 2.67 bits per heavy atom. The summed E-state index contributed by atoms with van der Waals surface area (Å²) in [6.07, 6.45) is 0. The Labute approximate surface area is 105 Å². The Bertz CT molecular complexity index is 567. The van der Waals surface area contributed by atoms with Crippen LogP contribution < -0.4 is 5.32 Å². The van der Waals surface area contributed by atoms with Gasteiger partial charge in [0.05, 0.1) is 5.69 Å². The average Bonchev–Trinajstić information content (AvgIpc) is 2.85. The number of carbonyl (C=O) groups is 1. The van der Waals surface area contributed by atoms with Crippen molar-refractivity contribution in [1.82, 2.24) is 20.0 Å². The van der Waals surface area contributed by atoms with E-state index in [0.29, 0.717) is 17.4 Å². The fraction of sp³-hybridized carbons (Fsp3) is 0.417. The lowest BCUT2D eigenvalue weighted by molar-refractivity contribution is 0.101. The normalized spacial score (nSPS) is 10.9. The number of rotatable bonds is 3. The highest BCUT2D eigenvalue weighted by Crippen LogP contribution is 2.15. The largest absolute Gasteiger partial charge is 0.304 e. The van der Waals surface area contributed by atoms with Crippen LogP contribution >= 0.6 is 0 Å². The number of H-pyrrole nitrogens is 1. The predicted molar refractivity (Wildman–Crippen MR) is 68.6 cm³/mol. The smallest absolute Gasteiger partial charge is 0.275 e. The van der Waals surface area contributed by atoms with Gasteiger partial charge in [0.1, 0.15) is 5.69 Å². The fourth-order valence-electron chi connectivity index (χ4n) is 1.70. The first-order valence-corrected chi connectivity index (χ1v) is 5.84. The van der Waals surface area contributed by atoms with Crippen LogP contribution in [0, 0.1) is 6.92 Å². The maximum absolute atomic E-state index is 12.0. The molecule has 96 valence electrons. The number of aromatic amines is 1. The van der Waals surface area contributed by atoms with E-state index in [1.54, 1.807) is 17.8 Å². The van der Waals surface area contributed by atoms with Crippen LogP contribution in [0.15, 0.2) is 12.1 Å². The standard InChI is InChI=1S/C12H17N5O/c1-7(2)9-6-11(15-14-9)13-12(18)10-5-8(3)16-17(10)4/h5-7H,1-4H3,(H2,13,14,15,18). The molecule has 0 atom stereocenters.